The van der Waals surface area contributed by atoms with Gasteiger partial charge in [-0.15, -0.1) is 0 Å². The minimum absolute atomic E-state index is 0.0332. The van der Waals surface area contributed by atoms with E-state index >= 15 is 0 Å². The number of amides is 2. The standard InChI is InChI=1S/C21H18N6O6/c1-25-9-13(7-18(25)21(30)31)23-19(28)16-5-11-3-4-12(6-15(11)24-16)22-20(29)17-8-14(27(32)33)10-26(17)2/h3-10,24H,1-2H3,(H,22,29)(H,23,28)(H,30,31). The Balaban J connectivity index is 1.52. The number of fused-ring (bicyclic) bond motifs is 1. The summed E-state index contributed by atoms with van der Waals surface area (Å²) < 4.78 is 2.75. The number of benzene rings is 1. The maximum Gasteiger partial charge on any atom is 0.352 e. The number of carboxylic acids is 1. The van der Waals surface area contributed by atoms with Crippen molar-refractivity contribution in [3.8, 4) is 0 Å². The predicted octanol–water partition coefficient (Wildman–Crippen LogP) is 2.96. The van der Waals surface area contributed by atoms with Gasteiger partial charge in [-0.25, -0.2) is 4.79 Å². The van der Waals surface area contributed by atoms with Crippen molar-refractivity contribution in [1.29, 1.82) is 0 Å². The number of carbonyl (C=O) groups is 3. The molecule has 4 N–H and O–H groups in total. The number of hydrogen-bond acceptors (Lipinski definition) is 5. The van der Waals surface area contributed by atoms with Crippen molar-refractivity contribution in [3.05, 3.63) is 76.0 Å². The lowest BCUT2D eigenvalue weighted by Gasteiger charge is -2.05. The summed E-state index contributed by atoms with van der Waals surface area (Å²) in [5, 5.41) is 26.1. The molecule has 0 radical (unpaired) electrons. The quantitative estimate of drug-likeness (QED) is 0.260. The highest BCUT2D eigenvalue weighted by Crippen LogP contribution is 2.23. The lowest BCUT2D eigenvalue weighted by atomic mass is 10.2. The van der Waals surface area contributed by atoms with Crippen LogP contribution in [0.3, 0.4) is 0 Å². The minimum atomic E-state index is -1.11. The number of anilines is 2. The maximum atomic E-state index is 12.6. The Hall–Kier alpha value is -4.87. The fourth-order valence-electron chi connectivity index (χ4n) is 3.44. The van der Waals surface area contributed by atoms with Crippen molar-refractivity contribution in [2.75, 3.05) is 10.6 Å². The fraction of sp³-hybridized carbons (Fsp3) is 0.0952. The first-order valence-corrected chi connectivity index (χ1v) is 9.58. The van der Waals surface area contributed by atoms with Gasteiger partial charge in [0.25, 0.3) is 17.5 Å². The highest BCUT2D eigenvalue weighted by molar-refractivity contribution is 6.07. The summed E-state index contributed by atoms with van der Waals surface area (Å²) in [6, 6.07) is 9.14. The molecule has 0 saturated carbocycles. The molecule has 0 spiro atoms. The number of hydrogen-bond donors (Lipinski definition) is 4. The molecule has 0 fully saturated rings. The van der Waals surface area contributed by atoms with Gasteiger partial charge in [-0.05, 0) is 24.3 Å². The van der Waals surface area contributed by atoms with Crippen LogP contribution in [0.5, 0.6) is 0 Å². The molecule has 33 heavy (non-hydrogen) atoms. The molecule has 2 amide bonds. The molecule has 4 rings (SSSR count). The van der Waals surface area contributed by atoms with Crippen molar-refractivity contribution in [1.82, 2.24) is 14.1 Å². The summed E-state index contributed by atoms with van der Waals surface area (Å²) in [7, 11) is 3.10. The monoisotopic (exact) mass is 450 g/mol. The van der Waals surface area contributed by atoms with Crippen LogP contribution in [0, 0.1) is 10.1 Å². The largest absolute Gasteiger partial charge is 0.477 e. The lowest BCUT2D eigenvalue weighted by molar-refractivity contribution is -0.384. The zero-order valence-electron chi connectivity index (χ0n) is 17.4. The third-order valence-corrected chi connectivity index (χ3v) is 5.04. The number of aromatic carboxylic acids is 1. The van der Waals surface area contributed by atoms with Gasteiger partial charge in [0, 0.05) is 42.9 Å². The van der Waals surface area contributed by atoms with Crippen molar-refractivity contribution in [2.45, 2.75) is 0 Å². The second-order valence-electron chi connectivity index (χ2n) is 7.37. The number of H-pyrrole nitrogens is 1. The lowest BCUT2D eigenvalue weighted by Crippen LogP contribution is -2.15. The Morgan fingerprint density at radius 2 is 1.64 bits per heavy atom. The first-order valence-electron chi connectivity index (χ1n) is 9.58. The van der Waals surface area contributed by atoms with E-state index in [1.807, 2.05) is 0 Å². The molecule has 0 aliphatic carbocycles. The topological polar surface area (TPSA) is 164 Å². The third-order valence-electron chi connectivity index (χ3n) is 5.04. The van der Waals surface area contributed by atoms with Gasteiger partial charge in [0.15, 0.2) is 0 Å². The average Bonchev–Trinajstić information content (AvgIpc) is 3.44. The number of aromatic nitrogens is 3. The molecule has 3 aromatic heterocycles. The number of nitrogens with one attached hydrogen (secondary N) is 3. The van der Waals surface area contributed by atoms with E-state index in [1.54, 1.807) is 31.3 Å². The van der Waals surface area contributed by atoms with Crippen molar-refractivity contribution < 1.29 is 24.4 Å². The Kier molecular flexibility index (Phi) is 5.18. The molecular weight excluding hydrogens is 432 g/mol. The smallest absolute Gasteiger partial charge is 0.352 e. The number of carboxylic acid groups (broad SMARTS) is 1. The number of nitro groups is 1. The molecule has 168 valence electrons. The maximum absolute atomic E-state index is 12.6. The summed E-state index contributed by atoms with van der Waals surface area (Å²) in [6.45, 7) is 0. The van der Waals surface area contributed by atoms with Gasteiger partial charge in [0.1, 0.15) is 17.1 Å². The van der Waals surface area contributed by atoms with Crippen LogP contribution in [-0.2, 0) is 14.1 Å². The fourth-order valence-corrected chi connectivity index (χ4v) is 3.44. The summed E-state index contributed by atoms with van der Waals surface area (Å²) in [6.07, 6.45) is 2.74. The van der Waals surface area contributed by atoms with Crippen LogP contribution in [-0.4, -0.2) is 41.9 Å². The molecule has 12 nitrogen and oxygen atoms in total. The van der Waals surface area contributed by atoms with Crippen LogP contribution in [0.4, 0.5) is 17.1 Å². The molecule has 0 bridgehead atoms. The van der Waals surface area contributed by atoms with E-state index in [0.29, 0.717) is 22.3 Å². The van der Waals surface area contributed by atoms with Crippen LogP contribution in [0.15, 0.2) is 48.8 Å². The summed E-state index contributed by atoms with van der Waals surface area (Å²) in [4.78, 5) is 49.6. The van der Waals surface area contributed by atoms with E-state index < -0.39 is 22.7 Å². The van der Waals surface area contributed by atoms with E-state index in [0.717, 1.165) is 0 Å². The molecule has 3 heterocycles. The Morgan fingerprint density at radius 3 is 2.27 bits per heavy atom. The number of aryl methyl sites for hydroxylation is 2. The van der Waals surface area contributed by atoms with Gasteiger partial charge in [-0.1, -0.05) is 6.07 Å². The van der Waals surface area contributed by atoms with Crippen molar-refractivity contribution >= 4 is 45.7 Å². The zero-order valence-corrected chi connectivity index (χ0v) is 17.4. The van der Waals surface area contributed by atoms with E-state index in [9.17, 15) is 24.5 Å². The number of nitrogens with zero attached hydrogens (tertiary/aromatic N) is 3. The number of aromatic amines is 1. The van der Waals surface area contributed by atoms with Crippen LogP contribution in [0.25, 0.3) is 10.9 Å². The van der Waals surface area contributed by atoms with E-state index in [2.05, 4.69) is 15.6 Å². The van der Waals surface area contributed by atoms with Crippen LogP contribution < -0.4 is 10.6 Å². The van der Waals surface area contributed by atoms with Gasteiger partial charge in [-0.2, -0.15) is 0 Å². The van der Waals surface area contributed by atoms with Gasteiger partial charge in [-0.3, -0.25) is 19.7 Å². The van der Waals surface area contributed by atoms with E-state index in [4.69, 9.17) is 5.11 Å². The predicted molar refractivity (Wildman–Crippen MR) is 119 cm³/mol. The summed E-state index contributed by atoms with van der Waals surface area (Å²) in [5.74, 6) is -2.09. The van der Waals surface area contributed by atoms with Crippen molar-refractivity contribution in [2.24, 2.45) is 14.1 Å². The highest BCUT2D eigenvalue weighted by Gasteiger charge is 2.18. The molecule has 0 unspecified atom stereocenters. The first kappa shape index (κ1) is 21.4. The van der Waals surface area contributed by atoms with Gasteiger partial charge in [0.05, 0.1) is 16.8 Å². The zero-order chi connectivity index (χ0) is 23.9. The molecule has 0 saturated heterocycles. The summed E-state index contributed by atoms with van der Waals surface area (Å²) >= 11 is 0. The molecule has 4 aromatic rings. The molecule has 1 aromatic carbocycles. The molecule has 12 heteroatoms. The summed E-state index contributed by atoms with van der Waals surface area (Å²) in [5.41, 5.74) is 1.56. The van der Waals surface area contributed by atoms with Crippen molar-refractivity contribution in [3.63, 3.8) is 0 Å². The highest BCUT2D eigenvalue weighted by atomic mass is 16.6. The molecule has 0 atom stereocenters. The van der Waals surface area contributed by atoms with Gasteiger partial charge >= 0.3 is 5.97 Å². The Bertz CT molecular complexity index is 1440. The van der Waals surface area contributed by atoms with E-state index in [1.165, 1.54) is 40.7 Å². The van der Waals surface area contributed by atoms with Crippen LogP contribution >= 0.6 is 0 Å². The second-order valence-corrected chi connectivity index (χ2v) is 7.37. The number of carbonyl (C=O) groups excluding carboxylic acids is 2. The number of rotatable bonds is 6. The third kappa shape index (κ3) is 4.17. The molecule has 0 aliphatic heterocycles. The van der Waals surface area contributed by atoms with Gasteiger partial charge < -0.3 is 29.9 Å². The van der Waals surface area contributed by atoms with Gasteiger partial charge in [0.2, 0.25) is 0 Å². The van der Waals surface area contributed by atoms with Crippen LogP contribution in [0.2, 0.25) is 0 Å². The Morgan fingerprint density at radius 1 is 0.939 bits per heavy atom. The normalized spacial score (nSPS) is 10.8. The Labute approximate surface area is 185 Å². The van der Waals surface area contributed by atoms with Crippen LogP contribution in [0.1, 0.15) is 31.5 Å². The average molecular weight is 450 g/mol. The molecule has 0 aliphatic rings. The van der Waals surface area contributed by atoms with E-state index in [-0.39, 0.29) is 22.8 Å². The molecular formula is C21H18N6O6. The second kappa shape index (κ2) is 8.00. The first-order chi connectivity index (χ1) is 15.6. The SMILES string of the molecule is Cn1cc(NC(=O)c2cc3ccc(NC(=O)c4cc([N+](=O)[O-])cn4C)cc3[nH]2)cc1C(=O)O. The minimum Gasteiger partial charge on any atom is -0.477 e.